The highest BCUT2D eigenvalue weighted by Gasteiger charge is 2.28. The van der Waals surface area contributed by atoms with E-state index in [1.165, 1.54) is 12.1 Å². The summed E-state index contributed by atoms with van der Waals surface area (Å²) < 4.78 is 6.00. The number of nitro groups is 1. The van der Waals surface area contributed by atoms with Crippen LogP contribution in [-0.4, -0.2) is 70.1 Å². The first-order valence-electron chi connectivity index (χ1n) is 12.7. The molecule has 0 saturated carbocycles. The molecule has 1 saturated heterocycles. The van der Waals surface area contributed by atoms with Gasteiger partial charge in [0.2, 0.25) is 0 Å². The van der Waals surface area contributed by atoms with Gasteiger partial charge in [-0.05, 0) is 54.4 Å². The van der Waals surface area contributed by atoms with E-state index in [4.69, 9.17) is 4.74 Å². The number of non-ortho nitro benzene ring substituents is 1. The van der Waals surface area contributed by atoms with Crippen LogP contribution in [0.1, 0.15) is 11.4 Å². The van der Waals surface area contributed by atoms with Crippen molar-refractivity contribution < 1.29 is 14.5 Å². The number of aromatic nitrogens is 2. The lowest BCUT2D eigenvalue weighted by molar-refractivity contribution is -0.384. The van der Waals surface area contributed by atoms with Crippen LogP contribution in [0.5, 0.6) is 5.75 Å². The maximum absolute atomic E-state index is 13.5. The van der Waals surface area contributed by atoms with Crippen LogP contribution in [0.3, 0.4) is 0 Å². The maximum atomic E-state index is 13.5. The van der Waals surface area contributed by atoms with Crippen LogP contribution in [0.25, 0.3) is 22.2 Å². The zero-order valence-electron chi connectivity index (χ0n) is 21.1. The van der Waals surface area contributed by atoms with Crippen molar-refractivity contribution in [2.45, 2.75) is 13.5 Å². The monoisotopic (exact) mass is 512 g/mol. The third-order valence-corrected chi connectivity index (χ3v) is 7.22. The number of hydrogen-bond acceptors (Lipinski definition) is 6. The number of rotatable bonds is 3. The Hall–Kier alpha value is -4.60. The molecule has 1 fully saturated rings. The molecule has 0 bridgehead atoms. The van der Waals surface area contributed by atoms with Gasteiger partial charge in [-0.2, -0.15) is 0 Å². The SMILES string of the molecule is Cc1nc2ccc(-c3ccc4c(c3)CN(C(=O)N3CCN(c5ccc([N+](=O)[O-])cc5)CC3)CCO4)cc2[nH]1. The summed E-state index contributed by atoms with van der Waals surface area (Å²) in [4.78, 5) is 37.7. The number of aromatic amines is 1. The van der Waals surface area contributed by atoms with Gasteiger partial charge in [-0.3, -0.25) is 10.1 Å². The third-order valence-electron chi connectivity index (χ3n) is 7.22. The topological polar surface area (TPSA) is 108 Å². The normalized spacial score (nSPS) is 15.7. The van der Waals surface area contributed by atoms with E-state index >= 15 is 0 Å². The number of carbonyl (C=O) groups excluding carboxylic acids is 1. The molecule has 0 spiro atoms. The number of hydrogen-bond donors (Lipinski definition) is 1. The number of benzene rings is 3. The fraction of sp³-hybridized carbons (Fsp3) is 0.286. The number of carbonyl (C=O) groups is 1. The number of imidazole rings is 1. The largest absolute Gasteiger partial charge is 0.491 e. The van der Waals surface area contributed by atoms with Gasteiger partial charge in [0.1, 0.15) is 18.2 Å². The second kappa shape index (κ2) is 9.70. The summed E-state index contributed by atoms with van der Waals surface area (Å²) in [7, 11) is 0. The van der Waals surface area contributed by atoms with Crippen molar-refractivity contribution in [1.82, 2.24) is 19.8 Å². The Kier molecular flexibility index (Phi) is 6.07. The highest BCUT2D eigenvalue weighted by atomic mass is 16.6. The molecule has 6 rings (SSSR count). The molecule has 38 heavy (non-hydrogen) atoms. The second-order valence-corrected chi connectivity index (χ2v) is 9.68. The van der Waals surface area contributed by atoms with Crippen molar-refractivity contribution in [3.05, 3.63) is 82.2 Å². The van der Waals surface area contributed by atoms with Gasteiger partial charge < -0.3 is 24.4 Å². The number of ether oxygens (including phenoxy) is 1. The molecule has 0 atom stereocenters. The number of nitro benzene ring substituents is 1. The maximum Gasteiger partial charge on any atom is 0.320 e. The molecule has 1 aromatic heterocycles. The van der Waals surface area contributed by atoms with E-state index in [1.807, 2.05) is 28.9 Å². The number of nitrogens with zero attached hydrogens (tertiary/aromatic N) is 5. The van der Waals surface area contributed by atoms with Gasteiger partial charge in [0.05, 0.1) is 29.0 Å². The number of anilines is 1. The molecule has 2 aliphatic heterocycles. The zero-order chi connectivity index (χ0) is 26.2. The molecule has 10 heteroatoms. The lowest BCUT2D eigenvalue weighted by Gasteiger charge is -2.38. The second-order valence-electron chi connectivity index (χ2n) is 9.68. The van der Waals surface area contributed by atoms with Gasteiger partial charge in [-0.1, -0.05) is 12.1 Å². The van der Waals surface area contributed by atoms with Crippen molar-refractivity contribution in [2.24, 2.45) is 0 Å². The highest BCUT2D eigenvalue weighted by Crippen LogP contribution is 2.31. The van der Waals surface area contributed by atoms with Gasteiger partial charge >= 0.3 is 6.03 Å². The van der Waals surface area contributed by atoms with Crippen molar-refractivity contribution in [3.63, 3.8) is 0 Å². The first-order valence-corrected chi connectivity index (χ1v) is 12.7. The van der Waals surface area contributed by atoms with E-state index in [2.05, 4.69) is 39.1 Å². The average molecular weight is 513 g/mol. The molecular formula is C28H28N6O4. The van der Waals surface area contributed by atoms with E-state index in [-0.39, 0.29) is 11.7 Å². The molecule has 2 amide bonds. The Morgan fingerprint density at radius 1 is 0.947 bits per heavy atom. The number of amides is 2. The summed E-state index contributed by atoms with van der Waals surface area (Å²) >= 11 is 0. The van der Waals surface area contributed by atoms with Crippen LogP contribution < -0.4 is 9.64 Å². The van der Waals surface area contributed by atoms with Crippen LogP contribution in [0.4, 0.5) is 16.2 Å². The Labute approximate surface area is 219 Å². The number of nitrogens with one attached hydrogen (secondary N) is 1. The van der Waals surface area contributed by atoms with Crippen LogP contribution in [0.2, 0.25) is 0 Å². The minimum atomic E-state index is -0.398. The predicted molar refractivity (Wildman–Crippen MR) is 144 cm³/mol. The number of H-pyrrole nitrogens is 1. The zero-order valence-corrected chi connectivity index (χ0v) is 21.1. The molecule has 10 nitrogen and oxygen atoms in total. The molecule has 1 N–H and O–H groups in total. The minimum absolute atomic E-state index is 0.00422. The van der Waals surface area contributed by atoms with Crippen molar-refractivity contribution in [3.8, 4) is 16.9 Å². The fourth-order valence-corrected chi connectivity index (χ4v) is 5.19. The third kappa shape index (κ3) is 4.60. The van der Waals surface area contributed by atoms with Gasteiger partial charge in [-0.25, -0.2) is 9.78 Å². The summed E-state index contributed by atoms with van der Waals surface area (Å²) in [5, 5.41) is 10.9. The molecule has 3 heterocycles. The van der Waals surface area contributed by atoms with Crippen molar-refractivity contribution in [1.29, 1.82) is 0 Å². The summed E-state index contributed by atoms with van der Waals surface area (Å²) in [6.07, 6.45) is 0. The quantitative estimate of drug-likeness (QED) is 0.318. The first-order chi connectivity index (χ1) is 18.4. The lowest BCUT2D eigenvalue weighted by atomic mass is 10.0. The van der Waals surface area contributed by atoms with Crippen molar-refractivity contribution in [2.75, 3.05) is 44.2 Å². The smallest absolute Gasteiger partial charge is 0.320 e. The molecule has 194 valence electrons. The van der Waals surface area contributed by atoms with Gasteiger partial charge in [0, 0.05) is 49.6 Å². The Morgan fingerprint density at radius 3 is 2.45 bits per heavy atom. The molecule has 0 aliphatic carbocycles. The molecular weight excluding hydrogens is 484 g/mol. The Morgan fingerprint density at radius 2 is 1.68 bits per heavy atom. The highest BCUT2D eigenvalue weighted by molar-refractivity contribution is 5.82. The predicted octanol–water partition coefficient (Wildman–Crippen LogP) is 4.58. The Balaban J connectivity index is 1.14. The summed E-state index contributed by atoms with van der Waals surface area (Å²) in [6, 6.07) is 18.9. The lowest BCUT2D eigenvalue weighted by Crippen LogP contribution is -2.53. The number of fused-ring (bicyclic) bond motifs is 2. The molecule has 4 aromatic rings. The van der Waals surface area contributed by atoms with Crippen LogP contribution >= 0.6 is 0 Å². The summed E-state index contributed by atoms with van der Waals surface area (Å²) in [5.74, 6) is 1.70. The summed E-state index contributed by atoms with van der Waals surface area (Å²) in [6.45, 7) is 5.91. The van der Waals surface area contributed by atoms with E-state index in [1.54, 1.807) is 12.1 Å². The van der Waals surface area contributed by atoms with Crippen molar-refractivity contribution >= 4 is 28.4 Å². The first kappa shape index (κ1) is 23.8. The fourth-order valence-electron chi connectivity index (χ4n) is 5.19. The van der Waals surface area contributed by atoms with E-state index < -0.39 is 4.92 Å². The van der Waals surface area contributed by atoms with E-state index in [0.29, 0.717) is 45.9 Å². The molecule has 0 unspecified atom stereocenters. The summed E-state index contributed by atoms with van der Waals surface area (Å²) in [5.41, 5.74) is 6.06. The number of aryl methyl sites for hydroxylation is 1. The number of urea groups is 1. The molecule has 0 radical (unpaired) electrons. The number of piperazine rings is 1. The van der Waals surface area contributed by atoms with E-state index in [9.17, 15) is 14.9 Å². The van der Waals surface area contributed by atoms with E-state index in [0.717, 1.165) is 45.0 Å². The van der Waals surface area contributed by atoms with Crippen LogP contribution in [-0.2, 0) is 6.54 Å². The average Bonchev–Trinajstić information content (AvgIpc) is 3.18. The standard InChI is InChI=1S/C28H28N6O4/c1-19-29-25-8-2-21(17-26(25)30-19)20-3-9-27-22(16-20)18-33(14-15-38-27)28(35)32-12-10-31(11-13-32)23-4-6-24(7-5-23)34(36)37/h2-9,16-17H,10-15,18H2,1H3,(H,29,30). The minimum Gasteiger partial charge on any atom is -0.491 e. The Bertz CT molecular complexity index is 1510. The van der Waals surface area contributed by atoms with Gasteiger partial charge in [0.25, 0.3) is 5.69 Å². The van der Waals surface area contributed by atoms with Gasteiger partial charge in [-0.15, -0.1) is 0 Å². The van der Waals surface area contributed by atoms with Crippen LogP contribution in [0.15, 0.2) is 60.7 Å². The molecule has 2 aliphatic rings. The van der Waals surface area contributed by atoms with Crippen LogP contribution in [0, 0.1) is 17.0 Å². The molecule has 3 aromatic carbocycles. The van der Waals surface area contributed by atoms with Gasteiger partial charge in [0.15, 0.2) is 0 Å².